The molecule has 11 heteroatoms. The Kier molecular flexibility index (Phi) is 7.66. The van der Waals surface area contributed by atoms with Crippen LogP contribution in [0.3, 0.4) is 0 Å². The van der Waals surface area contributed by atoms with Crippen molar-refractivity contribution in [1.29, 1.82) is 0 Å². The van der Waals surface area contributed by atoms with E-state index in [0.29, 0.717) is 10.4 Å². The number of thiophene rings is 1. The molecule has 0 fully saturated rings. The molecule has 0 saturated heterocycles. The number of nitrogens with one attached hydrogen (secondary N) is 2. The van der Waals surface area contributed by atoms with Crippen LogP contribution in [-0.2, 0) is 37.9 Å². The lowest BCUT2D eigenvalue weighted by atomic mass is 10.0. The Balaban J connectivity index is 1.54. The number of aliphatic carboxylic acids is 1. The Hall–Kier alpha value is -2.89. The molecule has 0 saturated carbocycles. The van der Waals surface area contributed by atoms with Crippen LogP contribution in [0.5, 0.6) is 0 Å². The molecule has 2 heterocycles. The predicted octanol–water partition coefficient (Wildman–Crippen LogP) is 1.96. The maximum atomic E-state index is 12.1. The highest BCUT2D eigenvalue weighted by atomic mass is 32.2. The minimum atomic E-state index is -1.70. The number of amides is 2. The molecule has 1 aliphatic heterocycles. The van der Waals surface area contributed by atoms with Crippen LogP contribution in [0.25, 0.3) is 0 Å². The fourth-order valence-electron chi connectivity index (χ4n) is 3.04. The van der Waals surface area contributed by atoms with Crippen LogP contribution >= 0.6 is 23.1 Å². The smallest absolute Gasteiger partial charge is 0.394 e. The largest absolute Gasteiger partial charge is 0.478 e. The summed E-state index contributed by atoms with van der Waals surface area (Å²) in [6.45, 7) is 0.336. The van der Waals surface area contributed by atoms with Gasteiger partial charge in [-0.05, 0) is 11.1 Å². The van der Waals surface area contributed by atoms with Gasteiger partial charge in [-0.2, -0.15) is 0 Å². The fraction of sp³-hybridized carbons (Fsp3) is 0.300. The van der Waals surface area contributed by atoms with E-state index in [0.717, 1.165) is 22.7 Å². The molecule has 1 unspecified atom stereocenters. The molecule has 1 aromatic carbocycles. The molecule has 2 aromatic rings. The van der Waals surface area contributed by atoms with Crippen molar-refractivity contribution in [2.45, 2.75) is 24.9 Å². The van der Waals surface area contributed by atoms with Crippen molar-refractivity contribution in [3.8, 4) is 0 Å². The molecule has 0 aliphatic carbocycles. The second-order valence-corrected chi connectivity index (χ2v) is 8.78. The van der Waals surface area contributed by atoms with Gasteiger partial charge in [0.2, 0.25) is 5.91 Å². The lowest BCUT2D eigenvalue weighted by molar-refractivity contribution is -0.147. The van der Waals surface area contributed by atoms with Crippen molar-refractivity contribution in [3.63, 3.8) is 0 Å². The van der Waals surface area contributed by atoms with Gasteiger partial charge in [0.1, 0.15) is 5.00 Å². The van der Waals surface area contributed by atoms with Crippen LogP contribution in [0.1, 0.15) is 26.4 Å². The Labute approximate surface area is 185 Å². The monoisotopic (exact) mass is 464 g/mol. The number of carbonyl (C=O) groups excluding carboxylic acids is 2. The normalized spacial score (nSPS) is 15.0. The highest BCUT2D eigenvalue weighted by molar-refractivity contribution is 7.99. The van der Waals surface area contributed by atoms with Crippen LogP contribution in [0.4, 0.5) is 5.00 Å². The third-order valence-electron chi connectivity index (χ3n) is 4.48. The third-order valence-corrected chi connectivity index (χ3v) is 6.60. The Morgan fingerprint density at radius 2 is 1.90 bits per heavy atom. The first-order chi connectivity index (χ1) is 14.8. The Morgan fingerprint density at radius 1 is 1.16 bits per heavy atom. The third kappa shape index (κ3) is 6.06. The summed E-state index contributed by atoms with van der Waals surface area (Å²) < 4.78 is 5.70. The number of anilines is 1. The first-order valence-electron chi connectivity index (χ1n) is 9.27. The van der Waals surface area contributed by atoms with E-state index in [4.69, 9.17) is 9.84 Å². The average Bonchev–Trinajstić information content (AvgIpc) is 3.10. The summed E-state index contributed by atoms with van der Waals surface area (Å²) >= 11 is 2.47. The molecule has 164 valence electrons. The van der Waals surface area contributed by atoms with E-state index >= 15 is 0 Å². The summed E-state index contributed by atoms with van der Waals surface area (Å²) in [5.41, 5.74) is 1.49. The van der Waals surface area contributed by atoms with Gasteiger partial charge < -0.3 is 25.6 Å². The minimum Gasteiger partial charge on any atom is -0.478 e. The highest BCUT2D eigenvalue weighted by Crippen LogP contribution is 2.37. The van der Waals surface area contributed by atoms with Gasteiger partial charge in [0.05, 0.1) is 24.0 Å². The molecule has 0 spiro atoms. The molecule has 31 heavy (non-hydrogen) atoms. The van der Waals surface area contributed by atoms with E-state index in [2.05, 4.69) is 10.6 Å². The van der Waals surface area contributed by atoms with Gasteiger partial charge in [-0.3, -0.25) is 9.59 Å². The van der Waals surface area contributed by atoms with Gasteiger partial charge in [0.15, 0.2) is 0 Å². The number of benzene rings is 1. The van der Waals surface area contributed by atoms with E-state index in [1.165, 1.54) is 11.8 Å². The predicted molar refractivity (Wildman–Crippen MR) is 115 cm³/mol. The maximum absolute atomic E-state index is 12.1. The summed E-state index contributed by atoms with van der Waals surface area (Å²) in [6.07, 6.45) is -0.195. The van der Waals surface area contributed by atoms with E-state index in [-0.39, 0.29) is 41.8 Å². The van der Waals surface area contributed by atoms with Crippen LogP contribution in [0.15, 0.2) is 30.3 Å². The topological polar surface area (TPSA) is 142 Å². The van der Waals surface area contributed by atoms with Gasteiger partial charge >= 0.3 is 17.8 Å². The molecule has 1 atom stereocenters. The number of thioether (sulfide) groups is 1. The number of carboxylic acids is 2. The molecule has 1 aromatic heterocycles. The Morgan fingerprint density at radius 3 is 2.58 bits per heavy atom. The second kappa shape index (κ2) is 10.4. The zero-order chi connectivity index (χ0) is 22.4. The first kappa shape index (κ1) is 22.8. The van der Waals surface area contributed by atoms with E-state index in [1.807, 2.05) is 30.3 Å². The summed E-state index contributed by atoms with van der Waals surface area (Å²) in [6, 6.07) is 9.81. The van der Waals surface area contributed by atoms with Crippen molar-refractivity contribution in [2.75, 3.05) is 17.6 Å². The van der Waals surface area contributed by atoms with Gasteiger partial charge in [-0.15, -0.1) is 23.1 Å². The summed E-state index contributed by atoms with van der Waals surface area (Å²) in [4.78, 5) is 46.6. The number of fused-ring (bicyclic) bond motifs is 1. The SMILES string of the molecule is O=C(CSCc1ccccc1)NCC1Cc2c(sc(NC(=O)C(=O)O)c2C(=O)O)CO1. The van der Waals surface area contributed by atoms with Crippen LogP contribution in [0.2, 0.25) is 0 Å². The Bertz CT molecular complexity index is 991. The molecule has 0 radical (unpaired) electrons. The molecule has 1 aliphatic rings. The molecular formula is C20H20N2O7S2. The summed E-state index contributed by atoms with van der Waals surface area (Å²) in [5, 5.41) is 23.2. The van der Waals surface area contributed by atoms with Gasteiger partial charge in [0, 0.05) is 23.6 Å². The minimum absolute atomic E-state index is 0.0319. The summed E-state index contributed by atoms with van der Waals surface area (Å²) in [5.74, 6) is -3.41. The zero-order valence-electron chi connectivity index (χ0n) is 16.3. The lowest BCUT2D eigenvalue weighted by Gasteiger charge is -2.23. The van der Waals surface area contributed by atoms with Gasteiger partial charge in [-0.1, -0.05) is 30.3 Å². The van der Waals surface area contributed by atoms with Crippen LogP contribution < -0.4 is 10.6 Å². The lowest BCUT2D eigenvalue weighted by Crippen LogP contribution is -2.37. The van der Waals surface area contributed by atoms with Crippen LogP contribution in [0, 0.1) is 0 Å². The van der Waals surface area contributed by atoms with Crippen molar-refractivity contribution in [1.82, 2.24) is 5.32 Å². The number of rotatable bonds is 8. The van der Waals surface area contributed by atoms with Crippen molar-refractivity contribution in [3.05, 3.63) is 51.9 Å². The van der Waals surface area contributed by atoms with Crippen molar-refractivity contribution >= 4 is 51.9 Å². The number of ether oxygens (including phenoxy) is 1. The van der Waals surface area contributed by atoms with Gasteiger partial charge in [-0.25, -0.2) is 9.59 Å². The van der Waals surface area contributed by atoms with Gasteiger partial charge in [0.25, 0.3) is 0 Å². The summed E-state index contributed by atoms with van der Waals surface area (Å²) in [7, 11) is 0. The molecule has 9 nitrogen and oxygen atoms in total. The molecule has 4 N–H and O–H groups in total. The number of aromatic carboxylic acids is 1. The average molecular weight is 465 g/mol. The number of carboxylic acid groups (broad SMARTS) is 2. The fourth-order valence-corrected chi connectivity index (χ4v) is 5.00. The van der Waals surface area contributed by atoms with E-state index < -0.39 is 23.9 Å². The molecule has 0 bridgehead atoms. The van der Waals surface area contributed by atoms with Crippen LogP contribution in [-0.4, -0.2) is 52.4 Å². The van der Waals surface area contributed by atoms with Crippen molar-refractivity contribution < 1.29 is 34.1 Å². The second-order valence-electron chi connectivity index (χ2n) is 6.69. The zero-order valence-corrected chi connectivity index (χ0v) is 17.9. The maximum Gasteiger partial charge on any atom is 0.394 e. The molecule has 3 rings (SSSR count). The molecular weight excluding hydrogens is 444 g/mol. The standard InChI is InChI=1S/C20H20N2O7S2/c23-15(10-30-9-11-4-2-1-3-5-11)21-7-12-6-13-14(8-29-12)31-18(16(13)19(25)26)22-17(24)20(27)28/h1-5,12H,6-10H2,(H,21,23)(H,22,24)(H,25,26)(H,27,28). The first-order valence-corrected chi connectivity index (χ1v) is 11.2. The van der Waals surface area contributed by atoms with Crippen molar-refractivity contribution in [2.24, 2.45) is 0 Å². The number of hydrogen-bond acceptors (Lipinski definition) is 7. The van der Waals surface area contributed by atoms with E-state index in [9.17, 15) is 24.3 Å². The number of carbonyl (C=O) groups is 4. The van der Waals surface area contributed by atoms with E-state index in [1.54, 1.807) is 0 Å². The molecule has 2 amide bonds. The highest BCUT2D eigenvalue weighted by Gasteiger charge is 2.31. The quantitative estimate of drug-likeness (QED) is 0.434. The number of hydrogen-bond donors (Lipinski definition) is 4.